The fourth-order valence-corrected chi connectivity index (χ4v) is 4.25. The molecule has 0 unspecified atom stereocenters. The molecular weight excluding hydrogens is 412 g/mol. The van der Waals surface area contributed by atoms with Crippen molar-refractivity contribution in [2.75, 3.05) is 19.9 Å². The van der Waals surface area contributed by atoms with Gasteiger partial charge in [-0.05, 0) is 41.5 Å². The number of carbonyl (C=O) groups excluding carboxylic acids is 2. The molecule has 168 valence electrons. The number of fused-ring (bicyclic) bond motifs is 1. The van der Waals surface area contributed by atoms with Crippen LogP contribution in [0.4, 0.5) is 0 Å². The molecule has 31 heavy (non-hydrogen) atoms. The topological polar surface area (TPSA) is 59.1 Å². The first-order valence-electron chi connectivity index (χ1n) is 10.9. The third-order valence-corrected chi connectivity index (χ3v) is 5.96. The van der Waals surface area contributed by atoms with Crippen LogP contribution in [-0.2, 0) is 22.7 Å². The number of thiophene rings is 1. The van der Waals surface area contributed by atoms with E-state index in [-0.39, 0.29) is 25.2 Å². The largest absolute Gasteiger partial charge is 0.454 e. The van der Waals surface area contributed by atoms with Crippen LogP contribution >= 0.6 is 11.3 Å². The first kappa shape index (κ1) is 23.1. The molecule has 0 saturated heterocycles. The highest BCUT2D eigenvalue weighted by Crippen LogP contribution is 2.33. The Bertz CT molecular complexity index is 866. The van der Waals surface area contributed by atoms with Crippen LogP contribution in [0, 0.1) is 5.92 Å². The molecule has 0 bridgehead atoms. The standard InChI is InChI=1S/C24H32N2O4S/c1-4-5-8-23(27)25(13-18(2)3)16-24(28)26(15-20-7-6-11-31-20)14-19-9-10-21-22(12-19)30-17-29-21/h6-7,9-12,18H,4-5,8,13-17H2,1-3H3. The Morgan fingerprint density at radius 2 is 1.87 bits per heavy atom. The van der Waals surface area contributed by atoms with Gasteiger partial charge in [0, 0.05) is 24.4 Å². The Morgan fingerprint density at radius 3 is 2.58 bits per heavy atom. The van der Waals surface area contributed by atoms with Crippen LogP contribution in [0.1, 0.15) is 50.5 Å². The van der Waals surface area contributed by atoms with Gasteiger partial charge in [-0.1, -0.05) is 39.3 Å². The predicted molar refractivity (Wildman–Crippen MR) is 122 cm³/mol. The number of amides is 2. The Balaban J connectivity index is 1.74. The predicted octanol–water partition coefficient (Wildman–Crippen LogP) is 4.68. The number of hydrogen-bond donors (Lipinski definition) is 0. The lowest BCUT2D eigenvalue weighted by atomic mass is 10.1. The average molecular weight is 445 g/mol. The molecule has 0 N–H and O–H groups in total. The van der Waals surface area contributed by atoms with E-state index in [1.807, 2.05) is 40.6 Å². The molecule has 0 atom stereocenters. The third-order valence-electron chi connectivity index (χ3n) is 5.10. The van der Waals surface area contributed by atoms with Gasteiger partial charge in [-0.25, -0.2) is 0 Å². The third kappa shape index (κ3) is 6.72. The van der Waals surface area contributed by atoms with Crippen LogP contribution in [0.25, 0.3) is 0 Å². The van der Waals surface area contributed by atoms with Gasteiger partial charge in [0.1, 0.15) is 0 Å². The van der Waals surface area contributed by atoms with Gasteiger partial charge in [-0.3, -0.25) is 9.59 Å². The van der Waals surface area contributed by atoms with Crippen LogP contribution < -0.4 is 9.47 Å². The molecule has 6 nitrogen and oxygen atoms in total. The molecule has 0 fully saturated rings. The molecule has 0 spiro atoms. The normalized spacial score (nSPS) is 12.3. The summed E-state index contributed by atoms with van der Waals surface area (Å²) in [5.41, 5.74) is 0.974. The van der Waals surface area contributed by atoms with Crippen molar-refractivity contribution in [3.63, 3.8) is 0 Å². The van der Waals surface area contributed by atoms with Crippen LogP contribution in [0.15, 0.2) is 35.7 Å². The Kier molecular flexibility index (Phi) is 8.35. The minimum absolute atomic E-state index is 0.0448. The average Bonchev–Trinajstić information content (AvgIpc) is 3.42. The van der Waals surface area contributed by atoms with Gasteiger partial charge in [0.25, 0.3) is 0 Å². The first-order valence-corrected chi connectivity index (χ1v) is 11.8. The summed E-state index contributed by atoms with van der Waals surface area (Å²) in [5.74, 6) is 1.75. The lowest BCUT2D eigenvalue weighted by Crippen LogP contribution is -2.43. The zero-order chi connectivity index (χ0) is 22.2. The number of nitrogens with zero attached hydrogens (tertiary/aromatic N) is 2. The second kappa shape index (κ2) is 11.2. The van der Waals surface area contributed by atoms with Crippen molar-refractivity contribution >= 4 is 23.2 Å². The number of carbonyl (C=O) groups is 2. The first-order chi connectivity index (χ1) is 15.0. The highest BCUT2D eigenvalue weighted by Gasteiger charge is 2.23. The minimum Gasteiger partial charge on any atom is -0.454 e. The minimum atomic E-state index is -0.0448. The molecule has 0 saturated carbocycles. The van der Waals surface area contributed by atoms with Crippen molar-refractivity contribution in [3.8, 4) is 11.5 Å². The second-order valence-electron chi connectivity index (χ2n) is 8.29. The maximum atomic E-state index is 13.4. The molecule has 0 aliphatic carbocycles. The van der Waals surface area contributed by atoms with Gasteiger partial charge in [0.15, 0.2) is 11.5 Å². The van der Waals surface area contributed by atoms with Crippen molar-refractivity contribution in [3.05, 3.63) is 46.2 Å². The quantitative estimate of drug-likeness (QED) is 0.505. The van der Waals surface area contributed by atoms with Gasteiger partial charge in [0.05, 0.1) is 13.1 Å². The maximum absolute atomic E-state index is 13.4. The maximum Gasteiger partial charge on any atom is 0.242 e. The van der Waals surface area contributed by atoms with Crippen molar-refractivity contribution in [1.29, 1.82) is 0 Å². The van der Waals surface area contributed by atoms with E-state index in [0.717, 1.165) is 29.0 Å². The highest BCUT2D eigenvalue weighted by molar-refractivity contribution is 7.09. The van der Waals surface area contributed by atoms with E-state index in [4.69, 9.17) is 9.47 Å². The summed E-state index contributed by atoms with van der Waals surface area (Å²) in [6.07, 6.45) is 2.30. The molecule has 2 aromatic rings. The summed E-state index contributed by atoms with van der Waals surface area (Å²) >= 11 is 1.63. The van der Waals surface area contributed by atoms with Crippen LogP contribution in [0.5, 0.6) is 11.5 Å². The molecule has 1 aromatic heterocycles. The second-order valence-corrected chi connectivity index (χ2v) is 9.32. The number of benzene rings is 1. The van der Waals surface area contributed by atoms with Gasteiger partial charge in [-0.15, -0.1) is 11.3 Å². The molecule has 0 radical (unpaired) electrons. The van der Waals surface area contributed by atoms with Crippen LogP contribution in [0.2, 0.25) is 0 Å². The van der Waals surface area contributed by atoms with Crippen molar-refractivity contribution in [2.45, 2.75) is 53.1 Å². The molecule has 1 aromatic carbocycles. The molecule has 2 amide bonds. The zero-order valence-corrected chi connectivity index (χ0v) is 19.5. The van der Waals surface area contributed by atoms with E-state index >= 15 is 0 Å². The Labute approximate surface area is 188 Å². The van der Waals surface area contributed by atoms with E-state index in [1.54, 1.807) is 16.2 Å². The summed E-state index contributed by atoms with van der Waals surface area (Å²) in [7, 11) is 0. The van der Waals surface area contributed by atoms with Gasteiger partial charge in [-0.2, -0.15) is 0 Å². The molecule has 1 aliphatic heterocycles. The number of rotatable bonds is 11. The summed E-state index contributed by atoms with van der Waals surface area (Å²) < 4.78 is 10.9. The Hall–Kier alpha value is -2.54. The number of unbranched alkanes of at least 4 members (excludes halogenated alkanes) is 1. The molecular formula is C24H32N2O4S. The fraction of sp³-hybridized carbons (Fsp3) is 0.500. The van der Waals surface area contributed by atoms with Crippen LogP contribution in [0.3, 0.4) is 0 Å². The van der Waals surface area contributed by atoms with E-state index in [9.17, 15) is 9.59 Å². The van der Waals surface area contributed by atoms with Crippen molar-refractivity contribution in [2.24, 2.45) is 5.92 Å². The van der Waals surface area contributed by atoms with Crippen LogP contribution in [-0.4, -0.2) is 41.5 Å². The lowest BCUT2D eigenvalue weighted by Gasteiger charge is -2.29. The zero-order valence-electron chi connectivity index (χ0n) is 18.6. The highest BCUT2D eigenvalue weighted by atomic mass is 32.1. The summed E-state index contributed by atoms with van der Waals surface area (Å²) in [4.78, 5) is 30.7. The van der Waals surface area contributed by atoms with E-state index < -0.39 is 0 Å². The number of ether oxygens (including phenoxy) is 2. The van der Waals surface area contributed by atoms with Gasteiger partial charge < -0.3 is 19.3 Å². The summed E-state index contributed by atoms with van der Waals surface area (Å²) in [6, 6.07) is 9.78. The lowest BCUT2D eigenvalue weighted by molar-refractivity contribution is -0.141. The molecule has 2 heterocycles. The van der Waals surface area contributed by atoms with Crippen molar-refractivity contribution in [1.82, 2.24) is 9.80 Å². The fourth-order valence-electron chi connectivity index (χ4n) is 3.53. The SMILES string of the molecule is CCCCC(=O)N(CC(=O)N(Cc1ccc2c(c1)OCO2)Cc1cccs1)CC(C)C. The summed E-state index contributed by atoms with van der Waals surface area (Å²) in [5, 5.41) is 2.01. The smallest absolute Gasteiger partial charge is 0.242 e. The van der Waals surface area contributed by atoms with E-state index in [1.165, 1.54) is 0 Å². The monoisotopic (exact) mass is 444 g/mol. The van der Waals surface area contributed by atoms with E-state index in [2.05, 4.69) is 20.8 Å². The number of hydrogen-bond acceptors (Lipinski definition) is 5. The Morgan fingerprint density at radius 1 is 1.06 bits per heavy atom. The summed E-state index contributed by atoms with van der Waals surface area (Å²) in [6.45, 7) is 8.10. The van der Waals surface area contributed by atoms with Gasteiger partial charge in [0.2, 0.25) is 18.6 Å². The van der Waals surface area contributed by atoms with Gasteiger partial charge >= 0.3 is 0 Å². The van der Waals surface area contributed by atoms with Crippen molar-refractivity contribution < 1.29 is 19.1 Å². The van der Waals surface area contributed by atoms with E-state index in [0.29, 0.717) is 37.7 Å². The molecule has 1 aliphatic rings. The molecule has 7 heteroatoms. The molecule has 3 rings (SSSR count).